The van der Waals surface area contributed by atoms with Gasteiger partial charge in [0.05, 0.1) is 17.9 Å². The molecule has 1 heterocycles. The van der Waals surface area contributed by atoms with Crippen LogP contribution in [-0.4, -0.2) is 22.7 Å². The molecule has 23 heavy (non-hydrogen) atoms. The molecule has 7 nitrogen and oxygen atoms in total. The number of rotatable bonds is 3. The molecular formula is C16H16N4O3. The Labute approximate surface area is 133 Å². The summed E-state index contributed by atoms with van der Waals surface area (Å²) in [6.07, 6.45) is 1.58. The van der Waals surface area contributed by atoms with Gasteiger partial charge in [0.25, 0.3) is 0 Å². The molecule has 118 valence electrons. The van der Waals surface area contributed by atoms with Crippen LogP contribution in [0, 0.1) is 0 Å². The van der Waals surface area contributed by atoms with E-state index in [0.717, 1.165) is 4.90 Å². The number of nitrogens with two attached hydrogens (primary N) is 1. The van der Waals surface area contributed by atoms with Crippen LogP contribution < -0.4 is 16.0 Å². The lowest BCUT2D eigenvalue weighted by Crippen LogP contribution is -2.45. The van der Waals surface area contributed by atoms with Crippen molar-refractivity contribution >= 4 is 29.1 Å². The van der Waals surface area contributed by atoms with E-state index in [4.69, 9.17) is 5.73 Å². The number of pyridine rings is 1. The maximum Gasteiger partial charge on any atom is 0.323 e. The van der Waals surface area contributed by atoms with Crippen molar-refractivity contribution in [3.8, 4) is 0 Å². The first-order chi connectivity index (χ1) is 11.0. The van der Waals surface area contributed by atoms with E-state index in [-0.39, 0.29) is 12.2 Å². The van der Waals surface area contributed by atoms with E-state index in [1.807, 2.05) is 0 Å². The number of aromatic nitrogens is 1. The zero-order valence-corrected chi connectivity index (χ0v) is 12.5. The van der Waals surface area contributed by atoms with Crippen LogP contribution in [0.4, 0.5) is 11.4 Å². The Kier molecular flexibility index (Phi) is 5.03. The predicted octanol–water partition coefficient (Wildman–Crippen LogP) is 0.860. The average Bonchev–Trinajstić information content (AvgIpc) is 2.53. The molecule has 7 heteroatoms. The molecule has 0 unspecified atom stereocenters. The number of anilines is 2. The van der Waals surface area contributed by atoms with Crippen molar-refractivity contribution in [1.29, 1.82) is 0 Å². The van der Waals surface area contributed by atoms with E-state index in [9.17, 15) is 14.4 Å². The Hall–Kier alpha value is -3.22. The Morgan fingerprint density at radius 3 is 2.57 bits per heavy atom. The van der Waals surface area contributed by atoms with Crippen molar-refractivity contribution in [2.24, 2.45) is 0 Å². The lowest BCUT2D eigenvalue weighted by atomic mass is 10.2. The molecule has 0 atom stereocenters. The number of imide groups is 1. The third kappa shape index (κ3) is 4.13. The van der Waals surface area contributed by atoms with Gasteiger partial charge in [-0.05, 0) is 30.3 Å². The van der Waals surface area contributed by atoms with E-state index in [0.29, 0.717) is 11.4 Å². The summed E-state index contributed by atoms with van der Waals surface area (Å²) in [7, 11) is 0. The van der Waals surface area contributed by atoms with Gasteiger partial charge in [0.1, 0.15) is 0 Å². The fourth-order valence-electron chi connectivity index (χ4n) is 1.96. The first-order valence-electron chi connectivity index (χ1n) is 6.87. The highest BCUT2D eigenvalue weighted by atomic mass is 16.2. The second-order valence-electron chi connectivity index (χ2n) is 4.76. The summed E-state index contributed by atoms with van der Waals surface area (Å²) in [4.78, 5) is 40.8. The van der Waals surface area contributed by atoms with Crippen LogP contribution in [-0.2, 0) is 20.9 Å². The summed E-state index contributed by atoms with van der Waals surface area (Å²) in [6.45, 7) is 1.29. The molecular weight excluding hydrogens is 296 g/mol. The van der Waals surface area contributed by atoms with Gasteiger partial charge >= 0.3 is 11.8 Å². The molecule has 0 saturated carbocycles. The van der Waals surface area contributed by atoms with Crippen LogP contribution in [0.15, 0.2) is 48.7 Å². The third-order valence-electron chi connectivity index (χ3n) is 3.00. The SMILES string of the molecule is CC(=O)N(C(=O)C(=O)NCc1ccccn1)c1cccc(N)c1. The summed E-state index contributed by atoms with van der Waals surface area (Å²) in [5, 5.41) is 2.44. The second kappa shape index (κ2) is 7.17. The maximum absolute atomic E-state index is 12.2. The first-order valence-corrected chi connectivity index (χ1v) is 6.87. The summed E-state index contributed by atoms with van der Waals surface area (Å²) in [6, 6.07) is 11.4. The minimum atomic E-state index is -0.973. The van der Waals surface area contributed by atoms with Gasteiger partial charge in [-0.1, -0.05) is 12.1 Å². The molecule has 0 fully saturated rings. The highest BCUT2D eigenvalue weighted by Crippen LogP contribution is 2.18. The van der Waals surface area contributed by atoms with Gasteiger partial charge in [-0.3, -0.25) is 19.4 Å². The zero-order chi connectivity index (χ0) is 16.8. The molecule has 0 aliphatic rings. The van der Waals surface area contributed by atoms with Gasteiger partial charge in [-0.15, -0.1) is 0 Å². The fraction of sp³-hybridized carbons (Fsp3) is 0.125. The van der Waals surface area contributed by atoms with Gasteiger partial charge < -0.3 is 11.1 Å². The molecule has 3 N–H and O–H groups in total. The number of nitrogens with zero attached hydrogens (tertiary/aromatic N) is 2. The summed E-state index contributed by atoms with van der Waals surface area (Å²) < 4.78 is 0. The molecule has 0 saturated heterocycles. The van der Waals surface area contributed by atoms with E-state index in [1.165, 1.54) is 19.1 Å². The molecule has 1 aromatic carbocycles. The molecule has 2 aromatic rings. The number of nitrogen functional groups attached to an aromatic ring is 1. The quantitative estimate of drug-likeness (QED) is 0.646. The standard InChI is InChI=1S/C16H16N4O3/c1-11(21)20(14-7-4-5-12(17)9-14)16(23)15(22)19-10-13-6-2-3-8-18-13/h2-9H,10,17H2,1H3,(H,19,22). The van der Waals surface area contributed by atoms with Crippen LogP contribution in [0.1, 0.15) is 12.6 Å². The lowest BCUT2D eigenvalue weighted by molar-refractivity contribution is -0.139. The molecule has 0 aliphatic heterocycles. The highest BCUT2D eigenvalue weighted by Gasteiger charge is 2.26. The van der Waals surface area contributed by atoms with E-state index in [1.54, 1.807) is 36.5 Å². The monoisotopic (exact) mass is 312 g/mol. The fourth-order valence-corrected chi connectivity index (χ4v) is 1.96. The smallest absolute Gasteiger partial charge is 0.323 e. The predicted molar refractivity (Wildman–Crippen MR) is 85.1 cm³/mol. The Morgan fingerprint density at radius 1 is 1.17 bits per heavy atom. The molecule has 2 rings (SSSR count). The van der Waals surface area contributed by atoms with Crippen molar-refractivity contribution in [3.63, 3.8) is 0 Å². The number of hydrogen-bond donors (Lipinski definition) is 2. The number of amides is 3. The molecule has 0 bridgehead atoms. The Bertz CT molecular complexity index is 731. The van der Waals surface area contributed by atoms with Crippen molar-refractivity contribution in [1.82, 2.24) is 10.3 Å². The summed E-state index contributed by atoms with van der Waals surface area (Å²) in [5.74, 6) is -2.44. The lowest BCUT2D eigenvalue weighted by Gasteiger charge is -2.19. The number of nitrogens with one attached hydrogen (secondary N) is 1. The molecule has 0 spiro atoms. The molecule has 1 aromatic heterocycles. The van der Waals surface area contributed by atoms with Crippen LogP contribution in [0.3, 0.4) is 0 Å². The number of benzene rings is 1. The minimum Gasteiger partial charge on any atom is -0.399 e. The van der Waals surface area contributed by atoms with Crippen LogP contribution >= 0.6 is 0 Å². The number of hydrogen-bond acceptors (Lipinski definition) is 5. The minimum absolute atomic E-state index is 0.0914. The number of carbonyl (C=O) groups excluding carboxylic acids is 3. The van der Waals surface area contributed by atoms with Gasteiger partial charge in [0.15, 0.2) is 0 Å². The van der Waals surface area contributed by atoms with E-state index in [2.05, 4.69) is 10.3 Å². The van der Waals surface area contributed by atoms with Crippen molar-refractivity contribution in [2.75, 3.05) is 10.6 Å². The zero-order valence-electron chi connectivity index (χ0n) is 12.5. The largest absolute Gasteiger partial charge is 0.399 e. The van der Waals surface area contributed by atoms with Crippen LogP contribution in [0.2, 0.25) is 0 Å². The average molecular weight is 312 g/mol. The highest BCUT2D eigenvalue weighted by molar-refractivity contribution is 6.45. The van der Waals surface area contributed by atoms with Gasteiger partial charge in [-0.2, -0.15) is 0 Å². The molecule has 0 radical (unpaired) electrons. The Balaban J connectivity index is 2.11. The number of carbonyl (C=O) groups is 3. The van der Waals surface area contributed by atoms with Crippen molar-refractivity contribution in [3.05, 3.63) is 54.4 Å². The summed E-state index contributed by atoms with van der Waals surface area (Å²) >= 11 is 0. The molecule has 3 amide bonds. The van der Waals surface area contributed by atoms with E-state index < -0.39 is 17.7 Å². The normalized spacial score (nSPS) is 9.96. The van der Waals surface area contributed by atoms with E-state index >= 15 is 0 Å². The van der Waals surface area contributed by atoms with Crippen molar-refractivity contribution in [2.45, 2.75) is 13.5 Å². The summed E-state index contributed by atoms with van der Waals surface area (Å²) in [5.41, 5.74) is 6.88. The maximum atomic E-state index is 12.2. The van der Waals surface area contributed by atoms with Gasteiger partial charge in [0.2, 0.25) is 5.91 Å². The third-order valence-corrected chi connectivity index (χ3v) is 3.00. The first kappa shape index (κ1) is 16.2. The van der Waals surface area contributed by atoms with Gasteiger partial charge in [-0.25, -0.2) is 4.90 Å². The Morgan fingerprint density at radius 2 is 1.96 bits per heavy atom. The van der Waals surface area contributed by atoms with Crippen molar-refractivity contribution < 1.29 is 14.4 Å². The second-order valence-corrected chi connectivity index (χ2v) is 4.76. The van der Waals surface area contributed by atoms with Crippen LogP contribution in [0.25, 0.3) is 0 Å². The van der Waals surface area contributed by atoms with Gasteiger partial charge in [0, 0.05) is 18.8 Å². The topological polar surface area (TPSA) is 105 Å². The molecule has 0 aliphatic carbocycles. The van der Waals surface area contributed by atoms with Crippen LogP contribution in [0.5, 0.6) is 0 Å².